The number of phenolic OH excluding ortho intramolecular Hbond substituents is 1. The van der Waals surface area contributed by atoms with E-state index in [1.165, 1.54) is 12.4 Å². The van der Waals surface area contributed by atoms with Crippen LogP contribution in [0.15, 0.2) is 46.1 Å². The zero-order valence-electron chi connectivity index (χ0n) is 10.7. The first kappa shape index (κ1) is 14.2. The van der Waals surface area contributed by atoms with Gasteiger partial charge in [0.15, 0.2) is 0 Å². The first-order valence-corrected chi connectivity index (χ1v) is 6.61. The predicted molar refractivity (Wildman–Crippen MR) is 79.8 cm³/mol. The molecule has 0 radical (unpaired) electrons. The van der Waals surface area contributed by atoms with Crippen LogP contribution in [0.1, 0.15) is 21.6 Å². The van der Waals surface area contributed by atoms with E-state index in [0.717, 1.165) is 10.0 Å². The lowest BCUT2D eigenvalue weighted by Crippen LogP contribution is -2.18. The number of nitrogens with zero attached hydrogens (tertiary/aromatic N) is 2. The van der Waals surface area contributed by atoms with Gasteiger partial charge < -0.3 is 5.11 Å². The van der Waals surface area contributed by atoms with Crippen molar-refractivity contribution in [2.45, 2.75) is 6.92 Å². The van der Waals surface area contributed by atoms with Crippen LogP contribution in [0, 0.1) is 6.92 Å². The molecule has 0 bridgehead atoms. The van der Waals surface area contributed by atoms with E-state index in [-0.39, 0.29) is 11.4 Å². The van der Waals surface area contributed by atoms with Gasteiger partial charge in [-0.2, -0.15) is 5.10 Å². The van der Waals surface area contributed by atoms with Gasteiger partial charge in [0.05, 0.1) is 6.21 Å². The number of rotatable bonds is 3. The minimum atomic E-state index is -0.409. The largest absolute Gasteiger partial charge is 0.507 e. The third-order valence-electron chi connectivity index (χ3n) is 2.56. The Morgan fingerprint density at radius 3 is 2.95 bits per heavy atom. The number of aromatic nitrogens is 1. The number of halogens is 1. The number of benzene rings is 1. The number of hydrazone groups is 1. The van der Waals surface area contributed by atoms with Gasteiger partial charge in [0.25, 0.3) is 5.91 Å². The number of carbonyl (C=O) groups is 1. The first-order chi connectivity index (χ1) is 9.58. The zero-order valence-corrected chi connectivity index (χ0v) is 12.3. The molecule has 20 heavy (non-hydrogen) atoms. The second-order valence-corrected chi connectivity index (χ2v) is 4.99. The van der Waals surface area contributed by atoms with E-state index >= 15 is 0 Å². The molecule has 0 saturated heterocycles. The molecule has 0 unspecified atom stereocenters. The fourth-order valence-electron chi connectivity index (χ4n) is 1.57. The molecular formula is C14H12BrN3O2. The Kier molecular flexibility index (Phi) is 4.47. The molecule has 1 aromatic heterocycles. The van der Waals surface area contributed by atoms with Gasteiger partial charge in [0, 0.05) is 16.2 Å². The second-order valence-electron chi connectivity index (χ2n) is 4.07. The molecular weight excluding hydrogens is 322 g/mol. The molecule has 102 valence electrons. The second kappa shape index (κ2) is 6.29. The number of phenols is 1. The van der Waals surface area contributed by atoms with Gasteiger partial charge in [-0.1, -0.05) is 22.0 Å². The number of carbonyl (C=O) groups excluding carboxylic acids is 1. The Morgan fingerprint density at radius 2 is 2.25 bits per heavy atom. The number of amides is 1. The van der Waals surface area contributed by atoms with Crippen molar-refractivity contribution in [2.24, 2.45) is 5.10 Å². The number of pyridine rings is 1. The zero-order chi connectivity index (χ0) is 14.5. The molecule has 2 rings (SSSR count). The standard InChI is InChI=1S/C14H12BrN3O2/c1-9-6-11(15)7-10(13(9)19)8-17-18-14(20)12-4-2-3-5-16-12/h2-8,19H,1H3,(H,18,20). The van der Waals surface area contributed by atoms with Gasteiger partial charge in [-0.05, 0) is 36.8 Å². The number of aryl methyl sites for hydroxylation is 1. The average molecular weight is 334 g/mol. The number of nitrogens with one attached hydrogen (secondary N) is 1. The van der Waals surface area contributed by atoms with Gasteiger partial charge in [-0.3, -0.25) is 9.78 Å². The lowest BCUT2D eigenvalue weighted by Gasteiger charge is -2.04. The number of hydrogen-bond donors (Lipinski definition) is 2. The van der Waals surface area contributed by atoms with Crippen LogP contribution in [0.25, 0.3) is 0 Å². The summed E-state index contributed by atoms with van der Waals surface area (Å²) in [7, 11) is 0. The van der Waals surface area contributed by atoms with E-state index < -0.39 is 5.91 Å². The summed E-state index contributed by atoms with van der Waals surface area (Å²) in [5.41, 5.74) is 3.86. The van der Waals surface area contributed by atoms with Crippen LogP contribution in [-0.2, 0) is 0 Å². The topological polar surface area (TPSA) is 74.6 Å². The normalized spacial score (nSPS) is 10.7. The minimum Gasteiger partial charge on any atom is -0.507 e. The monoisotopic (exact) mass is 333 g/mol. The summed E-state index contributed by atoms with van der Waals surface area (Å²) >= 11 is 3.33. The third kappa shape index (κ3) is 3.42. The van der Waals surface area contributed by atoms with Crippen molar-refractivity contribution in [3.05, 3.63) is 57.8 Å². The van der Waals surface area contributed by atoms with Gasteiger partial charge in [0.2, 0.25) is 0 Å². The molecule has 1 heterocycles. The van der Waals surface area contributed by atoms with E-state index in [2.05, 4.69) is 31.4 Å². The average Bonchev–Trinajstić information content (AvgIpc) is 2.44. The van der Waals surface area contributed by atoms with Crippen LogP contribution in [0.4, 0.5) is 0 Å². The van der Waals surface area contributed by atoms with Crippen molar-refractivity contribution >= 4 is 28.1 Å². The van der Waals surface area contributed by atoms with Gasteiger partial charge in [-0.15, -0.1) is 0 Å². The maximum Gasteiger partial charge on any atom is 0.289 e. The quantitative estimate of drug-likeness (QED) is 0.669. The van der Waals surface area contributed by atoms with Gasteiger partial charge in [0.1, 0.15) is 11.4 Å². The smallest absolute Gasteiger partial charge is 0.289 e. The fourth-order valence-corrected chi connectivity index (χ4v) is 2.16. The molecule has 2 aromatic rings. The van der Waals surface area contributed by atoms with Crippen LogP contribution in [0.3, 0.4) is 0 Å². The molecule has 0 spiro atoms. The maximum atomic E-state index is 11.7. The number of hydrogen-bond acceptors (Lipinski definition) is 4. The molecule has 5 nitrogen and oxygen atoms in total. The van der Waals surface area contributed by atoms with Crippen molar-refractivity contribution in [1.29, 1.82) is 0 Å². The SMILES string of the molecule is Cc1cc(Br)cc(C=NNC(=O)c2ccccn2)c1O. The van der Waals surface area contributed by atoms with Crippen molar-refractivity contribution in [3.63, 3.8) is 0 Å². The Balaban J connectivity index is 2.10. The van der Waals surface area contributed by atoms with Crippen LogP contribution in [0.5, 0.6) is 5.75 Å². The summed E-state index contributed by atoms with van der Waals surface area (Å²) < 4.78 is 0.824. The molecule has 0 atom stereocenters. The summed E-state index contributed by atoms with van der Waals surface area (Å²) in [5, 5.41) is 13.7. The summed E-state index contributed by atoms with van der Waals surface area (Å²) in [4.78, 5) is 15.6. The maximum absolute atomic E-state index is 11.7. The molecule has 1 aromatic carbocycles. The molecule has 0 saturated carbocycles. The van der Waals surface area contributed by atoms with Crippen LogP contribution >= 0.6 is 15.9 Å². The summed E-state index contributed by atoms with van der Waals surface area (Å²) in [6.45, 7) is 1.78. The van der Waals surface area contributed by atoms with Crippen LogP contribution in [0.2, 0.25) is 0 Å². The van der Waals surface area contributed by atoms with E-state index in [1.54, 1.807) is 37.3 Å². The Hall–Kier alpha value is -2.21. The highest BCUT2D eigenvalue weighted by atomic mass is 79.9. The van der Waals surface area contributed by atoms with Crippen LogP contribution < -0.4 is 5.43 Å². The Labute approximate surface area is 124 Å². The van der Waals surface area contributed by atoms with E-state index in [4.69, 9.17) is 0 Å². The predicted octanol–water partition coefficient (Wildman–Crippen LogP) is 2.62. The van der Waals surface area contributed by atoms with Crippen LogP contribution in [-0.4, -0.2) is 22.2 Å². The van der Waals surface area contributed by atoms with E-state index in [9.17, 15) is 9.90 Å². The van der Waals surface area contributed by atoms with Crippen molar-refractivity contribution in [3.8, 4) is 5.75 Å². The van der Waals surface area contributed by atoms with E-state index in [1.807, 2.05) is 0 Å². The van der Waals surface area contributed by atoms with Gasteiger partial charge >= 0.3 is 0 Å². The Morgan fingerprint density at radius 1 is 1.45 bits per heavy atom. The lowest BCUT2D eigenvalue weighted by atomic mass is 10.1. The van der Waals surface area contributed by atoms with Crippen molar-refractivity contribution in [1.82, 2.24) is 10.4 Å². The first-order valence-electron chi connectivity index (χ1n) is 5.81. The highest BCUT2D eigenvalue weighted by Crippen LogP contribution is 2.25. The Bertz CT molecular complexity index is 657. The molecule has 0 aliphatic heterocycles. The molecule has 1 amide bonds. The summed E-state index contributed by atoms with van der Waals surface area (Å²) in [6, 6.07) is 8.53. The van der Waals surface area contributed by atoms with Crippen molar-refractivity contribution in [2.75, 3.05) is 0 Å². The minimum absolute atomic E-state index is 0.129. The molecule has 0 aliphatic rings. The summed E-state index contributed by atoms with van der Waals surface area (Å²) in [6.07, 6.45) is 2.91. The van der Waals surface area contributed by atoms with E-state index in [0.29, 0.717) is 5.56 Å². The van der Waals surface area contributed by atoms with Crippen molar-refractivity contribution < 1.29 is 9.90 Å². The highest BCUT2D eigenvalue weighted by molar-refractivity contribution is 9.10. The lowest BCUT2D eigenvalue weighted by molar-refractivity contribution is 0.0950. The molecule has 0 aliphatic carbocycles. The molecule has 6 heteroatoms. The highest BCUT2D eigenvalue weighted by Gasteiger charge is 2.06. The number of aromatic hydroxyl groups is 1. The fraction of sp³-hybridized carbons (Fsp3) is 0.0714. The molecule has 0 fully saturated rings. The summed E-state index contributed by atoms with van der Waals surface area (Å²) in [5.74, 6) is -0.280. The third-order valence-corrected chi connectivity index (χ3v) is 3.02. The molecule has 2 N–H and O–H groups in total. The van der Waals surface area contributed by atoms with Gasteiger partial charge in [-0.25, -0.2) is 5.43 Å².